The van der Waals surface area contributed by atoms with Gasteiger partial charge >= 0.3 is 0 Å². The van der Waals surface area contributed by atoms with Gasteiger partial charge in [-0.25, -0.2) is 0 Å². The average molecular weight is 259 g/mol. The molecule has 2 aliphatic rings. The molecular weight excluding hydrogens is 236 g/mol. The summed E-state index contributed by atoms with van der Waals surface area (Å²) in [6.45, 7) is 4.90. The maximum atomic E-state index is 3.83. The molecule has 1 heteroatoms. The fourth-order valence-electron chi connectivity index (χ4n) is 3.68. The Hall–Kier alpha value is 0.480. The minimum Gasteiger partial charge on any atom is -0.0888 e. The highest BCUT2D eigenvalue weighted by atomic mass is 79.9. The fourth-order valence-corrected chi connectivity index (χ4v) is 4.34. The van der Waals surface area contributed by atoms with E-state index in [2.05, 4.69) is 29.8 Å². The molecule has 0 saturated heterocycles. The Labute approximate surface area is 97.0 Å². The normalized spacial score (nSPS) is 49.5. The first-order chi connectivity index (χ1) is 6.68. The molecule has 0 heterocycles. The quantitative estimate of drug-likeness (QED) is 0.602. The molecule has 5 unspecified atom stereocenters. The Kier molecular flexibility index (Phi) is 3.57. The highest BCUT2D eigenvalue weighted by molar-refractivity contribution is 9.09. The third kappa shape index (κ3) is 2.18. The molecule has 0 aliphatic heterocycles. The Bertz CT molecular complexity index is 190. The smallest absolute Gasteiger partial charge is 0.0174 e. The van der Waals surface area contributed by atoms with E-state index in [0.29, 0.717) is 0 Å². The Morgan fingerprint density at radius 2 is 1.79 bits per heavy atom. The van der Waals surface area contributed by atoms with Crippen LogP contribution in [0, 0.1) is 23.7 Å². The Morgan fingerprint density at radius 1 is 1.00 bits per heavy atom. The van der Waals surface area contributed by atoms with E-state index >= 15 is 0 Å². The Balaban J connectivity index is 1.94. The summed E-state index contributed by atoms with van der Waals surface area (Å²) < 4.78 is 0. The topological polar surface area (TPSA) is 0 Å². The maximum Gasteiger partial charge on any atom is 0.0174 e. The molecule has 0 spiro atoms. The van der Waals surface area contributed by atoms with Gasteiger partial charge in [-0.15, -0.1) is 0 Å². The minimum atomic E-state index is 0.810. The van der Waals surface area contributed by atoms with Gasteiger partial charge in [0.15, 0.2) is 0 Å². The van der Waals surface area contributed by atoms with E-state index in [0.717, 1.165) is 28.5 Å². The van der Waals surface area contributed by atoms with Gasteiger partial charge in [0.25, 0.3) is 0 Å². The minimum absolute atomic E-state index is 0.810. The number of rotatable bonds is 1. The van der Waals surface area contributed by atoms with Crippen LogP contribution in [0.25, 0.3) is 0 Å². The molecule has 0 radical (unpaired) electrons. The molecule has 82 valence electrons. The van der Waals surface area contributed by atoms with Crippen molar-refractivity contribution in [1.29, 1.82) is 0 Å². The first-order valence-corrected chi connectivity index (χ1v) is 7.24. The SMILES string of the molecule is CC1CCCC(C2CCC(Br)C2C)C1. The van der Waals surface area contributed by atoms with Crippen LogP contribution >= 0.6 is 15.9 Å². The highest BCUT2D eigenvalue weighted by Gasteiger charge is 2.37. The number of halogens is 1. The molecule has 14 heavy (non-hydrogen) atoms. The summed E-state index contributed by atoms with van der Waals surface area (Å²) in [4.78, 5) is 0.810. The molecule has 2 rings (SSSR count). The predicted octanol–water partition coefficient (Wildman–Crippen LogP) is 4.62. The summed E-state index contributed by atoms with van der Waals surface area (Å²) in [5.41, 5.74) is 0. The average Bonchev–Trinajstić information content (AvgIpc) is 2.48. The van der Waals surface area contributed by atoms with Crippen LogP contribution in [0.5, 0.6) is 0 Å². The second-order valence-electron chi connectivity index (χ2n) is 5.65. The van der Waals surface area contributed by atoms with Crippen LogP contribution in [0.2, 0.25) is 0 Å². The third-order valence-corrected chi connectivity index (χ3v) is 5.90. The summed E-state index contributed by atoms with van der Waals surface area (Å²) in [6, 6.07) is 0. The van der Waals surface area contributed by atoms with Crippen molar-refractivity contribution in [2.45, 2.75) is 57.2 Å². The van der Waals surface area contributed by atoms with Gasteiger partial charge in [0, 0.05) is 4.83 Å². The second kappa shape index (κ2) is 4.55. The van der Waals surface area contributed by atoms with Crippen molar-refractivity contribution in [2.24, 2.45) is 23.7 Å². The van der Waals surface area contributed by atoms with Gasteiger partial charge in [0.2, 0.25) is 0 Å². The largest absolute Gasteiger partial charge is 0.0888 e. The standard InChI is InChI=1S/C13H23Br/c1-9-4-3-5-11(8-9)12-6-7-13(14)10(12)2/h9-13H,3-8H2,1-2H3. The lowest BCUT2D eigenvalue weighted by atomic mass is 9.73. The molecule has 0 bridgehead atoms. The second-order valence-corrected chi connectivity index (χ2v) is 6.82. The lowest BCUT2D eigenvalue weighted by Gasteiger charge is -2.33. The van der Waals surface area contributed by atoms with Crippen LogP contribution < -0.4 is 0 Å². The lowest BCUT2D eigenvalue weighted by molar-refractivity contribution is 0.178. The van der Waals surface area contributed by atoms with Crippen LogP contribution in [0.15, 0.2) is 0 Å². The lowest BCUT2D eigenvalue weighted by Crippen LogP contribution is -2.25. The molecule has 0 aromatic rings. The first-order valence-electron chi connectivity index (χ1n) is 6.32. The molecule has 0 amide bonds. The molecule has 0 nitrogen and oxygen atoms in total. The van der Waals surface area contributed by atoms with Crippen molar-refractivity contribution < 1.29 is 0 Å². The van der Waals surface area contributed by atoms with Crippen LogP contribution in [0.1, 0.15) is 52.4 Å². The zero-order chi connectivity index (χ0) is 10.1. The molecule has 0 aromatic heterocycles. The van der Waals surface area contributed by atoms with Gasteiger partial charge in [-0.3, -0.25) is 0 Å². The molecule has 5 atom stereocenters. The highest BCUT2D eigenvalue weighted by Crippen LogP contribution is 2.46. The van der Waals surface area contributed by atoms with E-state index < -0.39 is 0 Å². The van der Waals surface area contributed by atoms with Crippen LogP contribution in [-0.4, -0.2) is 4.83 Å². The van der Waals surface area contributed by atoms with Gasteiger partial charge < -0.3 is 0 Å². The molecule has 2 fully saturated rings. The van der Waals surface area contributed by atoms with E-state index in [4.69, 9.17) is 0 Å². The van der Waals surface area contributed by atoms with E-state index in [1.165, 1.54) is 38.5 Å². The van der Waals surface area contributed by atoms with Crippen molar-refractivity contribution in [3.63, 3.8) is 0 Å². The summed E-state index contributed by atoms with van der Waals surface area (Å²) >= 11 is 3.83. The van der Waals surface area contributed by atoms with E-state index in [-0.39, 0.29) is 0 Å². The first kappa shape index (κ1) is 11.0. The summed E-state index contributed by atoms with van der Waals surface area (Å²) in [7, 11) is 0. The van der Waals surface area contributed by atoms with Crippen molar-refractivity contribution in [1.82, 2.24) is 0 Å². The zero-order valence-electron chi connectivity index (χ0n) is 9.51. The van der Waals surface area contributed by atoms with Gasteiger partial charge in [-0.1, -0.05) is 49.0 Å². The van der Waals surface area contributed by atoms with Gasteiger partial charge in [0.1, 0.15) is 0 Å². The summed E-state index contributed by atoms with van der Waals surface area (Å²) in [5, 5.41) is 0. The van der Waals surface area contributed by atoms with E-state index in [1.807, 2.05) is 0 Å². The van der Waals surface area contributed by atoms with E-state index in [1.54, 1.807) is 0 Å². The number of alkyl halides is 1. The van der Waals surface area contributed by atoms with Gasteiger partial charge in [-0.05, 0) is 42.9 Å². The van der Waals surface area contributed by atoms with Gasteiger partial charge in [-0.2, -0.15) is 0 Å². The van der Waals surface area contributed by atoms with Crippen molar-refractivity contribution >= 4 is 15.9 Å². The van der Waals surface area contributed by atoms with Crippen molar-refractivity contribution in [3.8, 4) is 0 Å². The summed E-state index contributed by atoms with van der Waals surface area (Å²) in [5.74, 6) is 4.00. The zero-order valence-corrected chi connectivity index (χ0v) is 11.1. The maximum absolute atomic E-state index is 3.83. The van der Waals surface area contributed by atoms with Crippen molar-refractivity contribution in [2.75, 3.05) is 0 Å². The third-order valence-electron chi connectivity index (χ3n) is 4.60. The van der Waals surface area contributed by atoms with Gasteiger partial charge in [0.05, 0.1) is 0 Å². The molecule has 0 aromatic carbocycles. The van der Waals surface area contributed by atoms with Crippen LogP contribution in [-0.2, 0) is 0 Å². The van der Waals surface area contributed by atoms with Crippen LogP contribution in [0.3, 0.4) is 0 Å². The Morgan fingerprint density at radius 3 is 2.36 bits per heavy atom. The monoisotopic (exact) mass is 258 g/mol. The number of hydrogen-bond acceptors (Lipinski definition) is 0. The fraction of sp³-hybridized carbons (Fsp3) is 1.00. The van der Waals surface area contributed by atoms with Crippen LogP contribution in [0.4, 0.5) is 0 Å². The molecule has 2 saturated carbocycles. The molecular formula is C13H23Br. The number of hydrogen-bond donors (Lipinski definition) is 0. The van der Waals surface area contributed by atoms with Crippen molar-refractivity contribution in [3.05, 3.63) is 0 Å². The predicted molar refractivity (Wildman–Crippen MR) is 65.7 cm³/mol. The van der Waals surface area contributed by atoms with E-state index in [9.17, 15) is 0 Å². The molecule has 0 N–H and O–H groups in total. The molecule has 2 aliphatic carbocycles. The summed E-state index contributed by atoms with van der Waals surface area (Å²) in [6.07, 6.45) is 8.89.